The molecule has 1 aromatic carbocycles. The van der Waals surface area contributed by atoms with Gasteiger partial charge in [-0.1, -0.05) is 18.2 Å². The first kappa shape index (κ1) is 31.5. The fraction of sp³-hybridized carbons (Fsp3) is 0.452. The number of carbonyl (C=O) groups excluding carboxylic acids is 4. The van der Waals surface area contributed by atoms with E-state index >= 15 is 0 Å². The zero-order chi connectivity index (χ0) is 30.8. The van der Waals surface area contributed by atoms with Crippen LogP contribution in [0.1, 0.15) is 41.3 Å². The Morgan fingerprint density at radius 2 is 1.98 bits per heavy atom. The Kier molecular flexibility index (Phi) is 10.7. The van der Waals surface area contributed by atoms with Crippen LogP contribution in [0.15, 0.2) is 48.8 Å². The van der Waals surface area contributed by atoms with E-state index in [-0.39, 0.29) is 51.7 Å². The molecule has 0 aliphatic carbocycles. The minimum Gasteiger partial charge on any atom is -0.484 e. The van der Waals surface area contributed by atoms with Gasteiger partial charge in [0, 0.05) is 39.5 Å². The number of nitrogens with zero attached hydrogens (tertiary/aromatic N) is 3. The smallest absolute Gasteiger partial charge is 0.314 e. The number of rotatable bonds is 7. The van der Waals surface area contributed by atoms with Crippen molar-refractivity contribution in [1.29, 1.82) is 0 Å². The molecule has 3 amide bonds. The van der Waals surface area contributed by atoms with Crippen molar-refractivity contribution in [2.24, 2.45) is 5.41 Å². The normalized spacial score (nSPS) is 18.4. The standard InChI is InChI=1S/C31H39N5O7/c1-4-42-30(40)31(11-7-15-41-3)17-23-9-5-10-24(16-23)43-20-27(38)32-12-14-35(19-26(37)33-21-31)29(39)25-18-34-36-13-6-8-22(2)28(25)36/h5-6,8-10,13,16,18H,4,7,11-12,14-15,17,19-21H2,1-3H3,(H,32,38)(H,33,37). The highest BCUT2D eigenvalue weighted by Gasteiger charge is 2.40. The summed E-state index contributed by atoms with van der Waals surface area (Å²) in [5.41, 5.74) is 1.51. The van der Waals surface area contributed by atoms with Crippen molar-refractivity contribution in [3.05, 3.63) is 65.5 Å². The molecule has 4 rings (SSSR count). The van der Waals surface area contributed by atoms with Crippen LogP contribution in [-0.2, 0) is 30.3 Å². The van der Waals surface area contributed by atoms with Crippen LogP contribution in [0.25, 0.3) is 5.52 Å². The Morgan fingerprint density at radius 1 is 1.14 bits per heavy atom. The van der Waals surface area contributed by atoms with Gasteiger partial charge in [-0.05, 0) is 62.4 Å². The summed E-state index contributed by atoms with van der Waals surface area (Å²) in [4.78, 5) is 54.6. The number of hydrogen-bond acceptors (Lipinski definition) is 8. The van der Waals surface area contributed by atoms with E-state index in [9.17, 15) is 19.2 Å². The van der Waals surface area contributed by atoms with Crippen LogP contribution in [0.2, 0.25) is 0 Å². The topological polar surface area (TPSA) is 141 Å². The first-order valence-electron chi connectivity index (χ1n) is 14.4. The van der Waals surface area contributed by atoms with Gasteiger partial charge in [0.2, 0.25) is 5.91 Å². The van der Waals surface area contributed by atoms with Gasteiger partial charge < -0.3 is 29.7 Å². The van der Waals surface area contributed by atoms with Crippen LogP contribution in [0, 0.1) is 12.3 Å². The first-order chi connectivity index (χ1) is 20.8. The second kappa shape index (κ2) is 14.6. The Balaban J connectivity index is 1.66. The van der Waals surface area contributed by atoms with E-state index < -0.39 is 23.2 Å². The number of aryl methyl sites for hydroxylation is 1. The Morgan fingerprint density at radius 3 is 2.77 bits per heavy atom. The Hall–Kier alpha value is -4.45. The highest BCUT2D eigenvalue weighted by Crippen LogP contribution is 2.32. The molecule has 0 fully saturated rings. The summed E-state index contributed by atoms with van der Waals surface area (Å²) < 4.78 is 18.1. The van der Waals surface area contributed by atoms with Crippen LogP contribution >= 0.6 is 0 Å². The average molecular weight is 594 g/mol. The lowest BCUT2D eigenvalue weighted by Gasteiger charge is -2.32. The van der Waals surface area contributed by atoms with E-state index in [1.807, 2.05) is 25.1 Å². The van der Waals surface area contributed by atoms with E-state index in [0.717, 1.165) is 11.1 Å². The number of nitrogens with one attached hydrogen (secondary N) is 2. The Bertz CT molecular complexity index is 1460. The molecule has 1 aliphatic rings. The average Bonchev–Trinajstić information content (AvgIpc) is 3.43. The molecule has 2 aromatic heterocycles. The van der Waals surface area contributed by atoms with E-state index in [4.69, 9.17) is 14.2 Å². The lowest BCUT2D eigenvalue weighted by molar-refractivity contribution is -0.156. The molecule has 3 heterocycles. The van der Waals surface area contributed by atoms with Crippen LogP contribution in [0.4, 0.5) is 0 Å². The van der Waals surface area contributed by atoms with Crippen LogP contribution in [0.5, 0.6) is 5.75 Å². The maximum absolute atomic E-state index is 13.8. The second-order valence-corrected chi connectivity index (χ2v) is 10.6. The predicted molar refractivity (Wildman–Crippen MR) is 158 cm³/mol. The monoisotopic (exact) mass is 593 g/mol. The fourth-order valence-corrected chi connectivity index (χ4v) is 5.28. The van der Waals surface area contributed by atoms with Crippen molar-refractivity contribution < 1.29 is 33.4 Å². The third-order valence-corrected chi connectivity index (χ3v) is 7.45. The van der Waals surface area contributed by atoms with Gasteiger partial charge in [-0.2, -0.15) is 5.10 Å². The van der Waals surface area contributed by atoms with Crippen molar-refractivity contribution in [1.82, 2.24) is 25.1 Å². The van der Waals surface area contributed by atoms with Crippen molar-refractivity contribution in [3.63, 3.8) is 0 Å². The molecule has 1 atom stereocenters. The third kappa shape index (κ3) is 7.89. The summed E-state index contributed by atoms with van der Waals surface area (Å²) in [6.45, 7) is 3.85. The molecule has 0 radical (unpaired) electrons. The minimum atomic E-state index is -1.11. The molecule has 43 heavy (non-hydrogen) atoms. The summed E-state index contributed by atoms with van der Waals surface area (Å²) >= 11 is 0. The number of esters is 1. The lowest BCUT2D eigenvalue weighted by Crippen LogP contribution is -2.49. The van der Waals surface area contributed by atoms with Gasteiger partial charge in [0.1, 0.15) is 5.75 Å². The number of pyridine rings is 1. The molecule has 2 bridgehead atoms. The van der Waals surface area contributed by atoms with E-state index in [1.165, 1.54) is 11.1 Å². The molecule has 3 aromatic rings. The summed E-state index contributed by atoms with van der Waals surface area (Å²) in [5.74, 6) is -1.19. The van der Waals surface area contributed by atoms with Gasteiger partial charge in [-0.3, -0.25) is 19.2 Å². The SMILES string of the molecule is CCOC(=O)C1(CCCOC)CNC(=O)CN(C(=O)c2cnn3cccc(C)c23)CCNC(=O)COc2cccc(c2)C1. The number of carbonyl (C=O) groups is 4. The molecule has 0 saturated heterocycles. The molecule has 0 spiro atoms. The maximum atomic E-state index is 13.8. The molecule has 230 valence electrons. The van der Waals surface area contributed by atoms with Crippen molar-refractivity contribution in [2.75, 3.05) is 53.1 Å². The minimum absolute atomic E-state index is 0.00590. The zero-order valence-electron chi connectivity index (χ0n) is 24.9. The highest BCUT2D eigenvalue weighted by molar-refractivity contribution is 6.02. The van der Waals surface area contributed by atoms with Gasteiger partial charge in [0.05, 0.1) is 35.8 Å². The fourth-order valence-electron chi connectivity index (χ4n) is 5.28. The number of hydrogen-bond donors (Lipinski definition) is 2. The van der Waals surface area contributed by atoms with E-state index in [1.54, 1.807) is 42.9 Å². The number of methoxy groups -OCH3 is 1. The number of benzene rings is 1. The van der Waals surface area contributed by atoms with Gasteiger partial charge in [-0.15, -0.1) is 0 Å². The molecule has 1 unspecified atom stereocenters. The highest BCUT2D eigenvalue weighted by atomic mass is 16.5. The third-order valence-electron chi connectivity index (χ3n) is 7.45. The van der Waals surface area contributed by atoms with Gasteiger partial charge in [0.15, 0.2) is 6.61 Å². The molecular weight excluding hydrogens is 554 g/mol. The summed E-state index contributed by atoms with van der Waals surface area (Å²) in [6.07, 6.45) is 4.42. The van der Waals surface area contributed by atoms with Crippen LogP contribution in [-0.4, -0.2) is 91.3 Å². The number of ether oxygens (including phenoxy) is 3. The summed E-state index contributed by atoms with van der Waals surface area (Å²) in [6, 6.07) is 10.9. The quantitative estimate of drug-likeness (QED) is 0.313. The summed E-state index contributed by atoms with van der Waals surface area (Å²) in [5, 5.41) is 9.95. The lowest BCUT2D eigenvalue weighted by atomic mass is 9.77. The molecule has 0 saturated carbocycles. The first-order valence-corrected chi connectivity index (χ1v) is 14.4. The number of aromatic nitrogens is 2. The molecule has 12 nitrogen and oxygen atoms in total. The molecule has 1 aliphatic heterocycles. The molecule has 12 heteroatoms. The number of amides is 3. The van der Waals surface area contributed by atoms with E-state index in [2.05, 4.69) is 15.7 Å². The van der Waals surface area contributed by atoms with Gasteiger partial charge >= 0.3 is 5.97 Å². The van der Waals surface area contributed by atoms with Crippen molar-refractivity contribution in [2.45, 2.75) is 33.1 Å². The van der Waals surface area contributed by atoms with Crippen molar-refractivity contribution >= 4 is 29.2 Å². The van der Waals surface area contributed by atoms with Crippen molar-refractivity contribution in [3.8, 4) is 5.75 Å². The van der Waals surface area contributed by atoms with Crippen LogP contribution in [0.3, 0.4) is 0 Å². The van der Waals surface area contributed by atoms with Gasteiger partial charge in [-0.25, -0.2) is 4.52 Å². The zero-order valence-corrected chi connectivity index (χ0v) is 24.9. The Labute approximate surface area is 250 Å². The van der Waals surface area contributed by atoms with Gasteiger partial charge in [0.25, 0.3) is 11.8 Å². The molecular formula is C31H39N5O7. The summed E-state index contributed by atoms with van der Waals surface area (Å²) in [7, 11) is 1.59. The maximum Gasteiger partial charge on any atom is 0.314 e. The molecule has 2 N–H and O–H groups in total. The largest absolute Gasteiger partial charge is 0.484 e. The van der Waals surface area contributed by atoms with E-state index in [0.29, 0.717) is 36.3 Å². The predicted octanol–water partition coefficient (Wildman–Crippen LogP) is 1.93. The number of fused-ring (bicyclic) bond motifs is 3. The second-order valence-electron chi connectivity index (χ2n) is 10.6. The van der Waals surface area contributed by atoms with Crippen LogP contribution < -0.4 is 15.4 Å².